The van der Waals surface area contributed by atoms with Crippen molar-refractivity contribution in [2.45, 2.75) is 0 Å². The van der Waals surface area contributed by atoms with E-state index in [0.717, 1.165) is 0 Å². The van der Waals surface area contributed by atoms with Gasteiger partial charge in [0.05, 0.1) is 16.5 Å². The van der Waals surface area contributed by atoms with E-state index in [0.29, 0.717) is 29.4 Å². The minimum atomic E-state index is -2.98. The largest absolute Gasteiger partial charge is 0.476 e. The number of carbonyl (C=O) groups is 1. The first-order valence-corrected chi connectivity index (χ1v) is 8.43. The van der Waals surface area contributed by atoms with Crippen LogP contribution >= 0.6 is 11.6 Å². The molecule has 1 saturated heterocycles. The van der Waals surface area contributed by atoms with Crippen molar-refractivity contribution in [1.29, 1.82) is 0 Å². The molecule has 0 unspecified atom stereocenters. The lowest BCUT2D eigenvalue weighted by atomic mass is 10.3. The van der Waals surface area contributed by atoms with Gasteiger partial charge in [0, 0.05) is 13.1 Å². The molecule has 112 valence electrons. The average molecular weight is 330 g/mol. The highest BCUT2D eigenvalue weighted by Gasteiger charge is 2.24. The molecular weight excluding hydrogens is 318 g/mol. The Kier molecular flexibility index (Phi) is 3.29. The summed E-state index contributed by atoms with van der Waals surface area (Å²) in [6, 6.07) is 3.34. The first kappa shape index (κ1) is 14.2. The third-order valence-corrected chi connectivity index (χ3v) is 5.40. The fraction of sp³-hybridized carbons (Fsp3) is 0.333. The number of hydrogen-bond donors (Lipinski definition) is 1. The van der Waals surface area contributed by atoms with Gasteiger partial charge >= 0.3 is 5.97 Å². The van der Waals surface area contributed by atoms with Crippen molar-refractivity contribution in [2.75, 3.05) is 29.5 Å². The number of nitrogens with zero attached hydrogens (tertiary/aromatic N) is 3. The second kappa shape index (κ2) is 4.88. The average Bonchev–Trinajstić information content (AvgIpc) is 2.86. The van der Waals surface area contributed by atoms with Gasteiger partial charge in [0.25, 0.3) is 0 Å². The van der Waals surface area contributed by atoms with Crippen LogP contribution in [-0.2, 0) is 9.84 Å². The number of anilines is 1. The highest BCUT2D eigenvalue weighted by Crippen LogP contribution is 2.27. The minimum Gasteiger partial charge on any atom is -0.476 e. The van der Waals surface area contributed by atoms with Gasteiger partial charge in [-0.15, -0.1) is 0 Å². The van der Waals surface area contributed by atoms with Crippen molar-refractivity contribution >= 4 is 38.7 Å². The number of imidazole rings is 1. The summed E-state index contributed by atoms with van der Waals surface area (Å²) >= 11 is 6.07. The van der Waals surface area contributed by atoms with Gasteiger partial charge in [-0.25, -0.2) is 18.2 Å². The molecule has 0 atom stereocenters. The summed E-state index contributed by atoms with van der Waals surface area (Å²) in [5, 5.41) is 9.43. The molecule has 1 aliphatic heterocycles. The predicted molar refractivity (Wildman–Crippen MR) is 78.0 cm³/mol. The maximum Gasteiger partial charge on any atom is 0.356 e. The van der Waals surface area contributed by atoms with Crippen molar-refractivity contribution < 1.29 is 18.3 Å². The Labute approximate surface area is 125 Å². The molecule has 3 heterocycles. The van der Waals surface area contributed by atoms with Crippen LogP contribution in [0.4, 0.5) is 5.82 Å². The molecule has 0 saturated carbocycles. The number of aromatic carboxylic acids is 1. The first-order chi connectivity index (χ1) is 9.89. The van der Waals surface area contributed by atoms with Gasteiger partial charge in [0.1, 0.15) is 17.7 Å². The molecule has 0 spiro atoms. The number of pyridine rings is 1. The summed E-state index contributed by atoms with van der Waals surface area (Å²) in [7, 11) is -2.98. The molecule has 0 aliphatic carbocycles. The Morgan fingerprint density at radius 1 is 1.29 bits per heavy atom. The molecule has 1 aliphatic rings. The molecule has 3 rings (SSSR count). The minimum absolute atomic E-state index is 0.0810. The van der Waals surface area contributed by atoms with Gasteiger partial charge in [-0.2, -0.15) is 0 Å². The monoisotopic (exact) mass is 329 g/mol. The number of carboxylic acids is 1. The van der Waals surface area contributed by atoms with Crippen LogP contribution in [0.5, 0.6) is 0 Å². The zero-order valence-electron chi connectivity index (χ0n) is 10.9. The van der Waals surface area contributed by atoms with E-state index in [2.05, 4.69) is 4.98 Å². The molecule has 0 aromatic carbocycles. The van der Waals surface area contributed by atoms with E-state index in [1.54, 1.807) is 16.5 Å². The zero-order chi connectivity index (χ0) is 15.2. The Hall–Kier alpha value is -1.80. The SMILES string of the molecule is O=C(O)c1ncn2c(N3CCS(=O)(=O)CC3)ccc(Cl)c12. The molecule has 1 N–H and O–H groups in total. The van der Waals surface area contributed by atoms with E-state index in [4.69, 9.17) is 16.7 Å². The molecular formula is C12H12ClN3O4S. The maximum absolute atomic E-state index is 11.5. The maximum atomic E-state index is 11.5. The number of rotatable bonds is 2. The second-order valence-corrected chi connectivity index (χ2v) is 7.51. The summed E-state index contributed by atoms with van der Waals surface area (Å²) in [5.74, 6) is -0.308. The third kappa shape index (κ3) is 2.44. The van der Waals surface area contributed by atoms with Crippen molar-refractivity contribution in [1.82, 2.24) is 9.38 Å². The molecule has 9 heteroatoms. The summed E-state index contributed by atoms with van der Waals surface area (Å²) in [5.41, 5.74) is 0.196. The van der Waals surface area contributed by atoms with Crippen LogP contribution in [0, 0.1) is 0 Å². The van der Waals surface area contributed by atoms with E-state index in [1.165, 1.54) is 6.33 Å². The lowest BCUT2D eigenvalue weighted by Crippen LogP contribution is -2.41. The number of hydrogen-bond acceptors (Lipinski definition) is 5. The number of aromatic nitrogens is 2. The highest BCUT2D eigenvalue weighted by molar-refractivity contribution is 7.91. The van der Waals surface area contributed by atoms with Gasteiger partial charge in [-0.05, 0) is 12.1 Å². The highest BCUT2D eigenvalue weighted by atomic mass is 35.5. The summed E-state index contributed by atoms with van der Waals surface area (Å²) in [6.07, 6.45) is 1.39. The van der Waals surface area contributed by atoms with Crippen LogP contribution in [0.2, 0.25) is 5.02 Å². The molecule has 1 fully saturated rings. The third-order valence-electron chi connectivity index (χ3n) is 3.49. The fourth-order valence-corrected chi connectivity index (χ4v) is 3.86. The molecule has 2 aromatic rings. The molecule has 21 heavy (non-hydrogen) atoms. The second-order valence-electron chi connectivity index (χ2n) is 4.80. The topological polar surface area (TPSA) is 92.0 Å². The Morgan fingerprint density at radius 2 is 1.95 bits per heavy atom. The van der Waals surface area contributed by atoms with Crippen molar-refractivity contribution in [3.63, 3.8) is 0 Å². The number of sulfone groups is 1. The normalized spacial score (nSPS) is 18.0. The van der Waals surface area contributed by atoms with Crippen LogP contribution < -0.4 is 4.90 Å². The molecule has 0 amide bonds. The van der Waals surface area contributed by atoms with Gasteiger partial charge in [-0.3, -0.25) is 4.40 Å². The van der Waals surface area contributed by atoms with Gasteiger partial charge in [-0.1, -0.05) is 11.6 Å². The number of halogens is 1. The van der Waals surface area contributed by atoms with E-state index in [9.17, 15) is 13.2 Å². The molecule has 7 nitrogen and oxygen atoms in total. The lowest BCUT2D eigenvalue weighted by molar-refractivity contribution is 0.0693. The van der Waals surface area contributed by atoms with Gasteiger partial charge < -0.3 is 10.0 Å². The van der Waals surface area contributed by atoms with Crippen LogP contribution in [0.3, 0.4) is 0 Å². The summed E-state index contributed by atoms with van der Waals surface area (Å²) in [6.45, 7) is 0.722. The molecule has 2 aromatic heterocycles. The van der Waals surface area contributed by atoms with Crippen molar-refractivity contribution in [3.8, 4) is 0 Å². The Bertz CT molecular complexity index is 816. The van der Waals surface area contributed by atoms with E-state index in [1.807, 2.05) is 4.90 Å². The standard InChI is InChI=1S/C12H12ClN3O4S/c13-8-1-2-9(15-3-5-21(19,20)6-4-15)16-7-14-10(11(8)16)12(17)18/h1-2,7H,3-6H2,(H,17,18). The lowest BCUT2D eigenvalue weighted by Gasteiger charge is -2.29. The van der Waals surface area contributed by atoms with Crippen LogP contribution in [0.25, 0.3) is 5.52 Å². The quantitative estimate of drug-likeness (QED) is 0.881. The zero-order valence-corrected chi connectivity index (χ0v) is 12.4. The van der Waals surface area contributed by atoms with Gasteiger partial charge in [0.15, 0.2) is 15.5 Å². The molecule has 0 bridgehead atoms. The number of fused-ring (bicyclic) bond motifs is 1. The van der Waals surface area contributed by atoms with Crippen molar-refractivity contribution in [2.24, 2.45) is 0 Å². The van der Waals surface area contributed by atoms with Crippen LogP contribution in [-0.4, -0.2) is 53.5 Å². The first-order valence-electron chi connectivity index (χ1n) is 6.23. The van der Waals surface area contributed by atoms with Crippen molar-refractivity contribution in [3.05, 3.63) is 29.2 Å². The summed E-state index contributed by atoms with van der Waals surface area (Å²) in [4.78, 5) is 16.9. The fourth-order valence-electron chi connectivity index (χ4n) is 2.41. The van der Waals surface area contributed by atoms with E-state index < -0.39 is 15.8 Å². The number of carboxylic acid groups (broad SMARTS) is 1. The van der Waals surface area contributed by atoms with E-state index in [-0.39, 0.29) is 17.2 Å². The van der Waals surface area contributed by atoms with Crippen LogP contribution in [0.15, 0.2) is 18.5 Å². The van der Waals surface area contributed by atoms with E-state index >= 15 is 0 Å². The van der Waals surface area contributed by atoms with Gasteiger partial charge in [0.2, 0.25) is 0 Å². The van der Waals surface area contributed by atoms with Crippen LogP contribution in [0.1, 0.15) is 10.5 Å². The summed E-state index contributed by atoms with van der Waals surface area (Å²) < 4.78 is 24.6. The predicted octanol–water partition coefficient (Wildman–Crippen LogP) is 0.921. The Morgan fingerprint density at radius 3 is 2.57 bits per heavy atom. The Balaban J connectivity index is 2.08. The smallest absolute Gasteiger partial charge is 0.356 e. The molecule has 0 radical (unpaired) electrons.